The van der Waals surface area contributed by atoms with Crippen molar-refractivity contribution >= 4 is 29.5 Å². The van der Waals surface area contributed by atoms with Crippen molar-refractivity contribution in [3.63, 3.8) is 0 Å². The number of piperidine rings is 1. The molecule has 198 valence electrons. The molecule has 0 aliphatic carbocycles. The van der Waals surface area contributed by atoms with Crippen LogP contribution in [0.3, 0.4) is 0 Å². The summed E-state index contributed by atoms with van der Waals surface area (Å²) < 4.78 is 5.45. The second-order valence-electron chi connectivity index (χ2n) is 9.48. The molecule has 5 rings (SSSR count). The fourth-order valence-electron chi connectivity index (χ4n) is 4.75. The van der Waals surface area contributed by atoms with Crippen molar-refractivity contribution in [1.29, 1.82) is 0 Å². The molecule has 9 heteroatoms. The van der Waals surface area contributed by atoms with E-state index in [0.29, 0.717) is 19.6 Å². The summed E-state index contributed by atoms with van der Waals surface area (Å²) >= 11 is 0. The van der Waals surface area contributed by atoms with E-state index in [1.807, 2.05) is 54.6 Å². The van der Waals surface area contributed by atoms with Crippen molar-refractivity contribution in [2.24, 2.45) is 0 Å². The minimum absolute atomic E-state index is 0.00560. The second-order valence-corrected chi connectivity index (χ2v) is 9.48. The van der Waals surface area contributed by atoms with Gasteiger partial charge in [0.1, 0.15) is 12.6 Å². The number of hydrogen-bond acceptors (Lipinski definition) is 6. The van der Waals surface area contributed by atoms with Crippen LogP contribution in [0, 0.1) is 0 Å². The smallest absolute Gasteiger partial charge is 0.262 e. The number of benzene rings is 3. The van der Waals surface area contributed by atoms with Crippen LogP contribution in [0.4, 0.5) is 0 Å². The summed E-state index contributed by atoms with van der Waals surface area (Å²) in [6.07, 6.45) is 0.835. The monoisotopic (exact) mass is 525 g/mol. The van der Waals surface area contributed by atoms with Crippen LogP contribution in [-0.2, 0) is 32.1 Å². The Hall–Kier alpha value is -4.63. The van der Waals surface area contributed by atoms with Crippen LogP contribution in [0.1, 0.15) is 44.7 Å². The first-order chi connectivity index (χ1) is 18.9. The molecule has 0 aromatic heterocycles. The maximum absolute atomic E-state index is 13.1. The molecule has 2 aliphatic heterocycles. The van der Waals surface area contributed by atoms with Crippen molar-refractivity contribution in [2.45, 2.75) is 31.9 Å². The Bertz CT molecular complexity index is 1430. The molecular weight excluding hydrogens is 498 g/mol. The minimum Gasteiger partial charge on any atom is -0.367 e. The van der Waals surface area contributed by atoms with Gasteiger partial charge in [0.15, 0.2) is 0 Å². The molecule has 3 aromatic carbocycles. The molecule has 2 N–H and O–H groups in total. The highest BCUT2D eigenvalue weighted by molar-refractivity contribution is 6.23. The second kappa shape index (κ2) is 11.4. The lowest BCUT2D eigenvalue weighted by atomic mass is 9.99. The quantitative estimate of drug-likeness (QED) is 0.414. The van der Waals surface area contributed by atoms with Crippen LogP contribution in [0.15, 0.2) is 72.8 Å². The average molecular weight is 526 g/mol. The number of imide groups is 2. The molecule has 1 saturated heterocycles. The van der Waals surface area contributed by atoms with E-state index in [4.69, 9.17) is 4.74 Å². The Kier molecular flexibility index (Phi) is 7.60. The summed E-state index contributed by atoms with van der Waals surface area (Å²) in [5, 5.41) is 5.05. The third kappa shape index (κ3) is 5.78. The average Bonchev–Trinajstić information content (AvgIpc) is 3.19. The molecule has 9 nitrogen and oxygen atoms in total. The molecule has 1 atom stereocenters. The lowest BCUT2D eigenvalue weighted by Crippen LogP contribution is -2.54. The van der Waals surface area contributed by atoms with Gasteiger partial charge in [0.2, 0.25) is 17.7 Å². The number of ether oxygens (including phenoxy) is 1. The summed E-state index contributed by atoms with van der Waals surface area (Å²) in [6, 6.07) is 21.4. The topological polar surface area (TPSA) is 122 Å². The predicted octanol–water partition coefficient (Wildman–Crippen LogP) is 2.63. The molecule has 3 aromatic rings. The van der Waals surface area contributed by atoms with E-state index in [-0.39, 0.29) is 36.5 Å². The van der Waals surface area contributed by atoms with Gasteiger partial charge in [-0.2, -0.15) is 0 Å². The normalized spacial score (nSPS) is 16.7. The van der Waals surface area contributed by atoms with Gasteiger partial charge in [-0.25, -0.2) is 0 Å². The Morgan fingerprint density at radius 3 is 2.33 bits per heavy atom. The van der Waals surface area contributed by atoms with E-state index in [0.717, 1.165) is 27.2 Å². The Labute approximate surface area is 225 Å². The number of hydrogen-bond donors (Lipinski definition) is 2. The summed E-state index contributed by atoms with van der Waals surface area (Å²) in [6.45, 7) is 0.847. The van der Waals surface area contributed by atoms with Crippen molar-refractivity contribution in [1.82, 2.24) is 15.5 Å². The number of carbonyl (C=O) groups is 5. The maximum atomic E-state index is 13.1. The zero-order valence-electron chi connectivity index (χ0n) is 21.1. The van der Waals surface area contributed by atoms with Crippen LogP contribution in [0.25, 0.3) is 11.1 Å². The van der Waals surface area contributed by atoms with Crippen LogP contribution in [0.5, 0.6) is 0 Å². The highest BCUT2D eigenvalue weighted by atomic mass is 16.5. The number of fused-ring (bicyclic) bond motifs is 1. The molecule has 39 heavy (non-hydrogen) atoms. The van der Waals surface area contributed by atoms with E-state index >= 15 is 0 Å². The van der Waals surface area contributed by atoms with Gasteiger partial charge in [-0.15, -0.1) is 0 Å². The number of amides is 5. The fourth-order valence-corrected chi connectivity index (χ4v) is 4.75. The van der Waals surface area contributed by atoms with Crippen molar-refractivity contribution in [3.05, 3.63) is 95.1 Å². The zero-order valence-corrected chi connectivity index (χ0v) is 21.1. The maximum Gasteiger partial charge on any atom is 0.262 e. The third-order valence-electron chi connectivity index (χ3n) is 6.81. The number of carbonyl (C=O) groups excluding carboxylic acids is 5. The SMILES string of the molecule is O=C(COCc1ccccc1)NCCc1ccc(-c2ccc3c(c2)C(=O)N(C2CCC(=O)NC2=O)C3=O)cc1. The van der Waals surface area contributed by atoms with E-state index < -0.39 is 29.7 Å². The molecule has 2 heterocycles. The van der Waals surface area contributed by atoms with Gasteiger partial charge in [-0.3, -0.25) is 34.2 Å². The van der Waals surface area contributed by atoms with Crippen LogP contribution in [-0.4, -0.2) is 53.6 Å². The van der Waals surface area contributed by atoms with Gasteiger partial charge in [0.05, 0.1) is 17.7 Å². The van der Waals surface area contributed by atoms with E-state index in [9.17, 15) is 24.0 Å². The molecule has 2 aliphatic rings. The van der Waals surface area contributed by atoms with Crippen LogP contribution in [0.2, 0.25) is 0 Å². The summed E-state index contributed by atoms with van der Waals surface area (Å²) in [4.78, 5) is 62.7. The van der Waals surface area contributed by atoms with Crippen LogP contribution >= 0.6 is 0 Å². The molecule has 0 spiro atoms. The Balaban J connectivity index is 1.15. The van der Waals surface area contributed by atoms with E-state index in [1.54, 1.807) is 18.2 Å². The molecule has 1 unspecified atom stereocenters. The van der Waals surface area contributed by atoms with Gasteiger partial charge >= 0.3 is 0 Å². The molecular formula is C30H27N3O6. The first-order valence-electron chi connectivity index (χ1n) is 12.7. The van der Waals surface area contributed by atoms with Gasteiger partial charge in [-0.05, 0) is 47.2 Å². The van der Waals surface area contributed by atoms with Crippen molar-refractivity contribution in [2.75, 3.05) is 13.2 Å². The molecule has 5 amide bonds. The standard InChI is InChI=1S/C30H27N3O6/c34-26-13-12-25(28(36)32-26)33-29(37)23-11-10-22(16-24(23)30(33)38)21-8-6-19(7-9-21)14-15-31-27(35)18-39-17-20-4-2-1-3-5-20/h1-11,16,25H,12-15,17-18H2,(H,31,35)(H,32,34,36). The minimum atomic E-state index is -0.992. The van der Waals surface area contributed by atoms with Crippen molar-refractivity contribution < 1.29 is 28.7 Å². The van der Waals surface area contributed by atoms with Gasteiger partial charge < -0.3 is 10.1 Å². The van der Waals surface area contributed by atoms with Crippen molar-refractivity contribution in [3.8, 4) is 11.1 Å². The van der Waals surface area contributed by atoms with Gasteiger partial charge in [0.25, 0.3) is 11.8 Å². The molecule has 0 saturated carbocycles. The number of nitrogens with one attached hydrogen (secondary N) is 2. The third-order valence-corrected chi connectivity index (χ3v) is 6.81. The van der Waals surface area contributed by atoms with Gasteiger partial charge in [-0.1, -0.05) is 60.7 Å². The largest absolute Gasteiger partial charge is 0.367 e. The fraction of sp³-hybridized carbons (Fsp3) is 0.233. The highest BCUT2D eigenvalue weighted by Gasteiger charge is 2.44. The Morgan fingerprint density at radius 1 is 0.872 bits per heavy atom. The zero-order chi connectivity index (χ0) is 27.4. The first-order valence-corrected chi connectivity index (χ1v) is 12.7. The molecule has 0 bridgehead atoms. The summed E-state index contributed by atoms with van der Waals surface area (Å²) in [7, 11) is 0. The number of rotatable bonds is 9. The lowest BCUT2D eigenvalue weighted by molar-refractivity contribution is -0.136. The number of nitrogens with zero attached hydrogens (tertiary/aromatic N) is 1. The lowest BCUT2D eigenvalue weighted by Gasteiger charge is -2.27. The predicted molar refractivity (Wildman–Crippen MR) is 141 cm³/mol. The molecule has 0 radical (unpaired) electrons. The van der Waals surface area contributed by atoms with Crippen LogP contribution < -0.4 is 10.6 Å². The Morgan fingerprint density at radius 2 is 1.59 bits per heavy atom. The summed E-state index contributed by atoms with van der Waals surface area (Å²) in [5.41, 5.74) is 4.14. The summed E-state index contributed by atoms with van der Waals surface area (Å²) in [5.74, 6) is -2.28. The van der Waals surface area contributed by atoms with E-state index in [2.05, 4.69) is 10.6 Å². The van der Waals surface area contributed by atoms with Gasteiger partial charge in [0, 0.05) is 13.0 Å². The van der Waals surface area contributed by atoms with E-state index in [1.165, 1.54) is 0 Å². The first kappa shape index (κ1) is 26.0. The highest BCUT2D eigenvalue weighted by Crippen LogP contribution is 2.31. The molecule has 1 fully saturated rings.